The van der Waals surface area contributed by atoms with Crippen LogP contribution in [0.5, 0.6) is 5.75 Å². The normalized spacial score (nSPS) is 20.9. The van der Waals surface area contributed by atoms with E-state index in [9.17, 15) is 13.2 Å². The van der Waals surface area contributed by atoms with Crippen LogP contribution in [0.4, 0.5) is 4.79 Å². The number of piperidine rings is 2. The van der Waals surface area contributed by atoms with E-state index < -0.39 is 10.0 Å². The summed E-state index contributed by atoms with van der Waals surface area (Å²) in [6.07, 6.45) is 5.13. The molecule has 3 aromatic rings. The average Bonchev–Trinajstić information content (AvgIpc) is 2.90. The lowest BCUT2D eigenvalue weighted by molar-refractivity contribution is 0.0271. The molecule has 8 nitrogen and oxygen atoms in total. The quantitative estimate of drug-likeness (QED) is 0.531. The number of nitrogens with zero attached hydrogens (tertiary/aromatic N) is 3. The fourth-order valence-electron chi connectivity index (χ4n) is 5.30. The maximum atomic E-state index is 13.8. The van der Waals surface area contributed by atoms with Crippen LogP contribution >= 0.6 is 0 Å². The molecule has 5 rings (SSSR count). The number of methoxy groups -OCH3 is 1. The van der Waals surface area contributed by atoms with Gasteiger partial charge in [-0.25, -0.2) is 13.2 Å². The topological polar surface area (TPSA) is 89.0 Å². The van der Waals surface area contributed by atoms with Crippen molar-refractivity contribution in [2.24, 2.45) is 5.92 Å². The molecule has 0 aliphatic carbocycles. The van der Waals surface area contributed by atoms with Crippen molar-refractivity contribution in [3.63, 3.8) is 0 Å². The van der Waals surface area contributed by atoms with E-state index in [0.717, 1.165) is 18.4 Å². The molecule has 2 atom stereocenters. The van der Waals surface area contributed by atoms with Gasteiger partial charge in [0.2, 0.25) is 10.0 Å². The molecule has 0 saturated carbocycles. The molecule has 184 valence electrons. The zero-order chi connectivity index (χ0) is 24.4. The molecule has 1 aromatic heterocycles. The van der Waals surface area contributed by atoms with Gasteiger partial charge in [-0.1, -0.05) is 42.5 Å². The number of pyridine rings is 1. The number of ether oxygens (including phenoxy) is 2. The molecule has 2 aliphatic heterocycles. The van der Waals surface area contributed by atoms with Crippen molar-refractivity contribution in [3.05, 3.63) is 66.5 Å². The van der Waals surface area contributed by atoms with Gasteiger partial charge in [0.1, 0.15) is 12.4 Å². The highest BCUT2D eigenvalue weighted by Crippen LogP contribution is 2.37. The molecule has 2 aromatic carbocycles. The van der Waals surface area contributed by atoms with Crippen LogP contribution in [0.25, 0.3) is 10.8 Å². The Morgan fingerprint density at radius 1 is 1.06 bits per heavy atom. The Labute approximate surface area is 205 Å². The molecular formula is C26H29N3O5S. The monoisotopic (exact) mass is 495 g/mol. The number of fused-ring (bicyclic) bond motifs is 2. The zero-order valence-corrected chi connectivity index (χ0v) is 20.5. The van der Waals surface area contributed by atoms with E-state index >= 15 is 0 Å². The molecular weight excluding hydrogens is 466 g/mol. The number of sulfonamides is 1. The Kier molecular flexibility index (Phi) is 6.62. The third-order valence-corrected chi connectivity index (χ3v) is 8.93. The molecule has 0 radical (unpaired) electrons. The summed E-state index contributed by atoms with van der Waals surface area (Å²) in [5, 5.41) is 1.26. The van der Waals surface area contributed by atoms with Gasteiger partial charge < -0.3 is 14.4 Å². The summed E-state index contributed by atoms with van der Waals surface area (Å²) in [7, 11) is -2.25. The third-order valence-electron chi connectivity index (χ3n) is 7.02. The van der Waals surface area contributed by atoms with Gasteiger partial charge in [-0.3, -0.25) is 4.98 Å². The molecule has 2 unspecified atom stereocenters. The molecule has 35 heavy (non-hydrogen) atoms. The van der Waals surface area contributed by atoms with Crippen LogP contribution in [0.2, 0.25) is 0 Å². The van der Waals surface area contributed by atoms with Gasteiger partial charge in [0, 0.05) is 42.6 Å². The number of hydrogen-bond acceptors (Lipinski definition) is 6. The summed E-state index contributed by atoms with van der Waals surface area (Å²) in [5.41, 5.74) is 0.941. The summed E-state index contributed by atoms with van der Waals surface area (Å²) >= 11 is 0. The summed E-state index contributed by atoms with van der Waals surface area (Å²) in [5.74, 6) is 0.497. The summed E-state index contributed by atoms with van der Waals surface area (Å²) in [6, 6.07) is 14.8. The van der Waals surface area contributed by atoms with Gasteiger partial charge >= 0.3 is 6.09 Å². The van der Waals surface area contributed by atoms with Crippen LogP contribution in [-0.4, -0.2) is 61.5 Å². The van der Waals surface area contributed by atoms with E-state index in [2.05, 4.69) is 4.98 Å². The minimum atomic E-state index is -3.76. The van der Waals surface area contributed by atoms with E-state index in [-0.39, 0.29) is 29.6 Å². The van der Waals surface area contributed by atoms with Gasteiger partial charge in [0.05, 0.1) is 18.2 Å². The van der Waals surface area contributed by atoms with Crippen molar-refractivity contribution >= 4 is 26.9 Å². The highest BCUT2D eigenvalue weighted by Gasteiger charge is 2.42. The summed E-state index contributed by atoms with van der Waals surface area (Å²) in [6.45, 7) is 1.58. The zero-order valence-electron chi connectivity index (χ0n) is 19.7. The SMILES string of the molecule is COc1cncc2cccc(S(=O)(=O)N3CCC4C(CCCN4C(=O)OCc4ccccc4)C3)c12. The van der Waals surface area contributed by atoms with Crippen molar-refractivity contribution in [2.45, 2.75) is 36.8 Å². The first-order valence-corrected chi connectivity index (χ1v) is 13.3. The maximum Gasteiger partial charge on any atom is 0.410 e. The standard InChI is InChI=1S/C26H29N3O5S/c1-33-23-16-27-15-20-9-5-11-24(25(20)23)35(31,32)28-14-12-22-21(17-28)10-6-13-29(22)26(30)34-18-19-7-3-2-4-8-19/h2-5,7-9,11,15-16,21-22H,6,10,12-14,17-18H2,1H3. The van der Waals surface area contributed by atoms with E-state index in [1.165, 1.54) is 13.3 Å². The number of benzene rings is 2. The van der Waals surface area contributed by atoms with Gasteiger partial charge in [0.25, 0.3) is 0 Å². The second kappa shape index (κ2) is 9.83. The largest absolute Gasteiger partial charge is 0.494 e. The number of likely N-dealkylation sites (tertiary alicyclic amines) is 1. The predicted molar refractivity (Wildman–Crippen MR) is 132 cm³/mol. The lowest BCUT2D eigenvalue weighted by Crippen LogP contribution is -2.56. The Bertz CT molecular complexity index is 1310. The van der Waals surface area contributed by atoms with Crippen LogP contribution in [0, 0.1) is 5.92 Å². The molecule has 0 bridgehead atoms. The van der Waals surface area contributed by atoms with Crippen molar-refractivity contribution in [3.8, 4) is 5.75 Å². The average molecular weight is 496 g/mol. The first kappa shape index (κ1) is 23.6. The van der Waals surface area contributed by atoms with Crippen LogP contribution in [-0.2, 0) is 21.4 Å². The first-order valence-electron chi connectivity index (χ1n) is 11.9. The van der Waals surface area contributed by atoms with Gasteiger partial charge in [-0.15, -0.1) is 0 Å². The number of carbonyl (C=O) groups is 1. The smallest absolute Gasteiger partial charge is 0.410 e. The summed E-state index contributed by atoms with van der Waals surface area (Å²) < 4.78 is 40.1. The van der Waals surface area contributed by atoms with Crippen LogP contribution < -0.4 is 4.74 Å². The highest BCUT2D eigenvalue weighted by atomic mass is 32.2. The Morgan fingerprint density at radius 2 is 1.89 bits per heavy atom. The number of rotatable bonds is 5. The fourth-order valence-corrected chi connectivity index (χ4v) is 7.03. The molecule has 9 heteroatoms. The number of carbonyl (C=O) groups excluding carboxylic acids is 1. The van der Waals surface area contributed by atoms with Crippen molar-refractivity contribution in [1.82, 2.24) is 14.2 Å². The predicted octanol–water partition coefficient (Wildman–Crippen LogP) is 4.06. The van der Waals surface area contributed by atoms with Crippen LogP contribution in [0.1, 0.15) is 24.8 Å². The second-order valence-electron chi connectivity index (χ2n) is 9.05. The van der Waals surface area contributed by atoms with Gasteiger partial charge in [0.15, 0.2) is 0 Å². The Morgan fingerprint density at radius 3 is 2.69 bits per heavy atom. The van der Waals surface area contributed by atoms with Crippen molar-refractivity contribution in [2.75, 3.05) is 26.7 Å². The van der Waals surface area contributed by atoms with Crippen molar-refractivity contribution < 1.29 is 22.7 Å². The third kappa shape index (κ3) is 4.58. The van der Waals surface area contributed by atoms with E-state index in [4.69, 9.17) is 9.47 Å². The molecule has 2 aliphatic rings. The van der Waals surface area contributed by atoms with E-state index in [1.54, 1.807) is 27.5 Å². The molecule has 0 N–H and O–H groups in total. The summed E-state index contributed by atoms with van der Waals surface area (Å²) in [4.78, 5) is 19.1. The molecule has 0 spiro atoms. The Balaban J connectivity index is 1.33. The minimum absolute atomic E-state index is 0.0234. The lowest BCUT2D eigenvalue weighted by atomic mass is 9.85. The van der Waals surface area contributed by atoms with Crippen molar-refractivity contribution in [1.29, 1.82) is 0 Å². The molecule has 3 heterocycles. The van der Waals surface area contributed by atoms with Gasteiger partial charge in [-0.05, 0) is 36.8 Å². The number of aromatic nitrogens is 1. The number of hydrogen-bond donors (Lipinski definition) is 0. The van der Waals surface area contributed by atoms with Gasteiger partial charge in [-0.2, -0.15) is 4.31 Å². The second-order valence-corrected chi connectivity index (χ2v) is 11.0. The maximum absolute atomic E-state index is 13.8. The molecule has 2 fully saturated rings. The minimum Gasteiger partial charge on any atom is -0.494 e. The van der Waals surface area contributed by atoms with E-state index in [1.807, 2.05) is 36.4 Å². The number of amides is 1. The van der Waals surface area contributed by atoms with Crippen LogP contribution in [0.3, 0.4) is 0 Å². The molecule has 1 amide bonds. The van der Waals surface area contributed by atoms with Crippen LogP contribution in [0.15, 0.2) is 65.8 Å². The van der Waals surface area contributed by atoms with E-state index in [0.29, 0.717) is 42.6 Å². The lowest BCUT2D eigenvalue weighted by Gasteiger charge is -2.46. The molecule has 2 saturated heterocycles. The Hall–Kier alpha value is -3.17. The fraction of sp³-hybridized carbons (Fsp3) is 0.385. The first-order chi connectivity index (χ1) is 17.0. The highest BCUT2D eigenvalue weighted by molar-refractivity contribution is 7.89.